The fraction of sp³-hybridized carbons (Fsp3) is 0.308. The Labute approximate surface area is 213 Å². The second-order valence-electron chi connectivity index (χ2n) is 8.47. The van der Waals surface area contributed by atoms with E-state index >= 15 is 0 Å². The maximum atomic E-state index is 13.2. The molecule has 4 aromatic rings. The van der Waals surface area contributed by atoms with Crippen LogP contribution in [0.25, 0.3) is 20.8 Å². The summed E-state index contributed by atoms with van der Waals surface area (Å²) in [5, 5.41) is 4.87. The summed E-state index contributed by atoms with van der Waals surface area (Å²) in [5.74, 6) is -0.252. The van der Waals surface area contributed by atoms with E-state index in [0.717, 1.165) is 51.5 Å². The molecule has 0 saturated heterocycles. The second-order valence-corrected chi connectivity index (χ2v) is 12.5. The molecular formula is C26H27N3O3S3. The number of anilines is 1. The van der Waals surface area contributed by atoms with Gasteiger partial charge in [-0.2, -0.15) is 4.31 Å². The highest BCUT2D eigenvalue weighted by molar-refractivity contribution is 7.89. The van der Waals surface area contributed by atoms with Crippen molar-refractivity contribution in [2.45, 2.75) is 44.4 Å². The zero-order chi connectivity index (χ0) is 24.6. The lowest BCUT2D eigenvalue weighted by Gasteiger charge is -2.18. The van der Waals surface area contributed by atoms with E-state index in [1.54, 1.807) is 34.8 Å². The second kappa shape index (κ2) is 9.81. The van der Waals surface area contributed by atoms with E-state index in [1.165, 1.54) is 26.9 Å². The normalized spacial score (nSPS) is 13.8. The van der Waals surface area contributed by atoms with Crippen LogP contribution in [0, 0.1) is 0 Å². The summed E-state index contributed by atoms with van der Waals surface area (Å²) in [4.78, 5) is 19.6. The molecule has 2 heterocycles. The molecule has 5 rings (SSSR count). The van der Waals surface area contributed by atoms with Crippen molar-refractivity contribution < 1.29 is 13.2 Å². The van der Waals surface area contributed by atoms with Gasteiger partial charge in [0.1, 0.15) is 10.0 Å². The Morgan fingerprint density at radius 1 is 1.00 bits per heavy atom. The highest BCUT2D eigenvalue weighted by Gasteiger charge is 2.26. The van der Waals surface area contributed by atoms with E-state index in [-0.39, 0.29) is 10.8 Å². The van der Waals surface area contributed by atoms with Gasteiger partial charge in [0.05, 0.1) is 15.1 Å². The molecule has 0 radical (unpaired) electrons. The lowest BCUT2D eigenvalue weighted by atomic mass is 9.95. The largest absolute Gasteiger partial charge is 0.313 e. The minimum atomic E-state index is -3.56. The fourth-order valence-electron chi connectivity index (χ4n) is 4.53. The first-order chi connectivity index (χ1) is 16.9. The third-order valence-electron chi connectivity index (χ3n) is 6.37. The summed E-state index contributed by atoms with van der Waals surface area (Å²) in [6.07, 6.45) is 4.30. The van der Waals surface area contributed by atoms with Crippen molar-refractivity contribution in [3.63, 3.8) is 0 Å². The Kier molecular flexibility index (Phi) is 6.76. The molecule has 182 valence electrons. The van der Waals surface area contributed by atoms with Crippen LogP contribution in [0.3, 0.4) is 0 Å². The van der Waals surface area contributed by atoms with E-state index in [1.807, 2.05) is 32.0 Å². The van der Waals surface area contributed by atoms with Crippen molar-refractivity contribution >= 4 is 53.8 Å². The zero-order valence-electron chi connectivity index (χ0n) is 19.7. The Morgan fingerprint density at radius 2 is 1.71 bits per heavy atom. The van der Waals surface area contributed by atoms with Crippen LogP contribution in [-0.2, 0) is 22.9 Å². The first kappa shape index (κ1) is 24.1. The number of thiophene rings is 1. The van der Waals surface area contributed by atoms with Gasteiger partial charge in [-0.05, 0) is 67.6 Å². The van der Waals surface area contributed by atoms with E-state index in [0.29, 0.717) is 18.7 Å². The number of fused-ring (bicyclic) bond motifs is 2. The third kappa shape index (κ3) is 4.53. The predicted octanol–water partition coefficient (Wildman–Crippen LogP) is 6.19. The monoisotopic (exact) mass is 525 g/mol. The highest BCUT2D eigenvalue weighted by atomic mass is 32.2. The van der Waals surface area contributed by atoms with Gasteiger partial charge in [0.25, 0.3) is 5.91 Å². The number of sulfonamides is 1. The van der Waals surface area contributed by atoms with Gasteiger partial charge in [0.15, 0.2) is 0 Å². The van der Waals surface area contributed by atoms with E-state index in [2.05, 4.69) is 11.4 Å². The maximum Gasteiger partial charge on any atom is 0.256 e. The number of aromatic nitrogens is 1. The number of nitrogens with one attached hydrogen (secondary N) is 1. The molecule has 0 spiro atoms. The molecule has 1 aliphatic rings. The molecule has 0 saturated carbocycles. The first-order valence-electron chi connectivity index (χ1n) is 11.8. The topological polar surface area (TPSA) is 79.4 Å². The number of aryl methyl sites for hydroxylation is 1. The summed E-state index contributed by atoms with van der Waals surface area (Å²) >= 11 is 3.29. The highest BCUT2D eigenvalue weighted by Crippen LogP contribution is 2.46. The first-order valence-corrected chi connectivity index (χ1v) is 14.9. The van der Waals surface area contributed by atoms with Gasteiger partial charge < -0.3 is 5.32 Å². The van der Waals surface area contributed by atoms with Crippen LogP contribution < -0.4 is 5.32 Å². The van der Waals surface area contributed by atoms with Crippen LogP contribution in [-0.4, -0.2) is 36.7 Å². The number of hydrogen-bond donors (Lipinski definition) is 1. The van der Waals surface area contributed by atoms with Gasteiger partial charge in [0.2, 0.25) is 10.0 Å². The average molecular weight is 526 g/mol. The summed E-state index contributed by atoms with van der Waals surface area (Å²) in [6.45, 7) is 4.43. The number of carbonyl (C=O) groups is 1. The van der Waals surface area contributed by atoms with Crippen molar-refractivity contribution in [1.29, 1.82) is 0 Å². The standard InChI is InChI=1S/C26H27N3O3S3/c1-3-29(4-2)35(31,32)18-15-13-17(14-16-18)24(30)28-26-23(19-9-5-7-11-21(19)33-26)25-27-20-10-6-8-12-22(20)34-25/h6,8,10,12-16H,3-5,7,9,11H2,1-2H3,(H,28,30). The molecule has 9 heteroatoms. The Hall–Kier alpha value is -2.59. The molecular weight excluding hydrogens is 499 g/mol. The third-order valence-corrected chi connectivity index (χ3v) is 10.7. The van der Waals surface area contributed by atoms with Gasteiger partial charge in [-0.25, -0.2) is 13.4 Å². The summed E-state index contributed by atoms with van der Waals surface area (Å²) in [6, 6.07) is 14.3. The van der Waals surface area contributed by atoms with Gasteiger partial charge >= 0.3 is 0 Å². The Morgan fingerprint density at radius 3 is 2.43 bits per heavy atom. The average Bonchev–Trinajstić information content (AvgIpc) is 3.45. The van der Waals surface area contributed by atoms with Crippen LogP contribution in [0.15, 0.2) is 53.4 Å². The predicted molar refractivity (Wildman–Crippen MR) is 144 cm³/mol. The van der Waals surface area contributed by atoms with E-state index in [9.17, 15) is 13.2 Å². The minimum Gasteiger partial charge on any atom is -0.313 e. The number of thiazole rings is 1. The van der Waals surface area contributed by atoms with Crippen molar-refractivity contribution in [2.24, 2.45) is 0 Å². The number of nitrogens with zero attached hydrogens (tertiary/aromatic N) is 2. The Bertz CT molecular complexity index is 1450. The van der Waals surface area contributed by atoms with Crippen LogP contribution in [0.4, 0.5) is 5.00 Å². The lowest BCUT2D eigenvalue weighted by Crippen LogP contribution is -2.30. The Balaban J connectivity index is 1.46. The molecule has 0 unspecified atom stereocenters. The fourth-order valence-corrected chi connectivity index (χ4v) is 8.38. The summed E-state index contributed by atoms with van der Waals surface area (Å²) in [5.41, 5.74) is 3.73. The number of amides is 1. The van der Waals surface area contributed by atoms with Crippen molar-refractivity contribution in [3.8, 4) is 10.6 Å². The van der Waals surface area contributed by atoms with Gasteiger partial charge in [-0.3, -0.25) is 4.79 Å². The number of benzene rings is 2. The number of rotatable bonds is 7. The lowest BCUT2D eigenvalue weighted by molar-refractivity contribution is 0.102. The molecule has 2 aromatic carbocycles. The summed E-state index contributed by atoms with van der Waals surface area (Å²) in [7, 11) is -3.56. The van der Waals surface area contributed by atoms with Crippen LogP contribution in [0.5, 0.6) is 0 Å². The molecule has 0 aliphatic heterocycles. The number of para-hydroxylation sites is 1. The maximum absolute atomic E-state index is 13.2. The quantitative estimate of drug-likeness (QED) is 0.312. The van der Waals surface area contributed by atoms with Crippen molar-refractivity contribution in [3.05, 3.63) is 64.5 Å². The molecule has 1 N–H and O–H groups in total. The van der Waals surface area contributed by atoms with E-state index in [4.69, 9.17) is 4.98 Å². The van der Waals surface area contributed by atoms with Crippen molar-refractivity contribution in [1.82, 2.24) is 9.29 Å². The molecule has 0 atom stereocenters. The molecule has 2 aromatic heterocycles. The molecule has 35 heavy (non-hydrogen) atoms. The molecule has 6 nitrogen and oxygen atoms in total. The number of hydrogen-bond acceptors (Lipinski definition) is 6. The SMILES string of the molecule is CCN(CC)S(=O)(=O)c1ccc(C(=O)Nc2sc3c(c2-c2nc4ccccc4s2)CCCC3)cc1. The summed E-state index contributed by atoms with van der Waals surface area (Å²) < 4.78 is 28.1. The van der Waals surface area contributed by atoms with Gasteiger partial charge in [-0.1, -0.05) is 26.0 Å². The van der Waals surface area contributed by atoms with Gasteiger partial charge in [-0.15, -0.1) is 22.7 Å². The van der Waals surface area contributed by atoms with Crippen LogP contribution in [0.2, 0.25) is 0 Å². The van der Waals surface area contributed by atoms with Crippen LogP contribution >= 0.6 is 22.7 Å². The minimum absolute atomic E-state index is 0.194. The molecule has 1 amide bonds. The van der Waals surface area contributed by atoms with Crippen molar-refractivity contribution in [2.75, 3.05) is 18.4 Å². The molecule has 0 fully saturated rings. The molecule has 1 aliphatic carbocycles. The van der Waals surface area contributed by atoms with Crippen LogP contribution in [0.1, 0.15) is 47.5 Å². The van der Waals surface area contributed by atoms with E-state index < -0.39 is 10.0 Å². The zero-order valence-corrected chi connectivity index (χ0v) is 22.2. The number of carbonyl (C=O) groups excluding carboxylic acids is 1. The van der Waals surface area contributed by atoms with Gasteiger partial charge in [0, 0.05) is 29.1 Å². The smallest absolute Gasteiger partial charge is 0.256 e. The molecule has 0 bridgehead atoms.